The van der Waals surface area contributed by atoms with Crippen molar-refractivity contribution in [2.75, 3.05) is 18.0 Å². The van der Waals surface area contributed by atoms with Gasteiger partial charge in [-0.2, -0.15) is 23.5 Å². The summed E-state index contributed by atoms with van der Waals surface area (Å²) in [5.41, 5.74) is 1.58. The quantitative estimate of drug-likeness (QED) is 0.663. The summed E-state index contributed by atoms with van der Waals surface area (Å²) in [7, 11) is 0. The van der Waals surface area contributed by atoms with Crippen LogP contribution < -0.4 is 10.2 Å². The molecule has 3 aromatic rings. The van der Waals surface area contributed by atoms with Crippen LogP contribution in [0.15, 0.2) is 60.8 Å². The number of nitriles is 1. The van der Waals surface area contributed by atoms with Crippen molar-refractivity contribution in [1.29, 1.82) is 5.26 Å². The Kier molecular flexibility index (Phi) is 5.86. The molecule has 0 saturated carbocycles. The van der Waals surface area contributed by atoms with Crippen LogP contribution in [-0.4, -0.2) is 34.8 Å². The molecule has 32 heavy (non-hydrogen) atoms. The minimum Gasteiger partial charge on any atom is -0.371 e. The third kappa shape index (κ3) is 4.75. The lowest BCUT2D eigenvalue weighted by Crippen LogP contribution is -2.44. The van der Waals surface area contributed by atoms with Gasteiger partial charge in [-0.05, 0) is 67.4 Å². The Morgan fingerprint density at radius 3 is 2.19 bits per heavy atom. The van der Waals surface area contributed by atoms with Gasteiger partial charge in [0.2, 0.25) is 0 Å². The van der Waals surface area contributed by atoms with Crippen molar-refractivity contribution in [3.8, 4) is 11.8 Å². The van der Waals surface area contributed by atoms with Crippen molar-refractivity contribution < 1.29 is 18.0 Å². The third-order valence-corrected chi connectivity index (χ3v) is 5.47. The Bertz CT molecular complexity index is 1120. The lowest BCUT2D eigenvalue weighted by atomic mass is 10.0. The predicted octanol–water partition coefficient (Wildman–Crippen LogP) is 4.16. The Morgan fingerprint density at radius 2 is 1.62 bits per heavy atom. The van der Waals surface area contributed by atoms with Crippen LogP contribution in [-0.2, 0) is 6.18 Å². The maximum atomic E-state index is 12.7. The first-order valence-electron chi connectivity index (χ1n) is 10.1. The summed E-state index contributed by atoms with van der Waals surface area (Å²) in [4.78, 5) is 14.8. The first kappa shape index (κ1) is 21.4. The first-order chi connectivity index (χ1) is 15.3. The smallest absolute Gasteiger partial charge is 0.371 e. The number of nitrogens with zero attached hydrogens (tertiary/aromatic N) is 4. The van der Waals surface area contributed by atoms with E-state index in [0.29, 0.717) is 16.8 Å². The molecule has 164 valence electrons. The standard InChI is InChI=1S/C23H20F3N5O/c24-23(25,26)21-11-14-31(29-21)20-7-3-17(4-8-20)22(32)28-18-9-12-30(13-10-18)19-5-1-16(15-27)2-6-19/h1-8,11,14,18H,9-10,12-13H2,(H,28,32). The monoisotopic (exact) mass is 439 g/mol. The van der Waals surface area contributed by atoms with Crippen LogP contribution in [0.3, 0.4) is 0 Å². The first-order valence-corrected chi connectivity index (χ1v) is 10.1. The molecule has 4 rings (SSSR count). The molecule has 2 heterocycles. The lowest BCUT2D eigenvalue weighted by Gasteiger charge is -2.34. The van der Waals surface area contributed by atoms with E-state index in [0.717, 1.165) is 42.4 Å². The fourth-order valence-corrected chi connectivity index (χ4v) is 3.68. The number of nitrogens with one attached hydrogen (secondary N) is 1. The van der Waals surface area contributed by atoms with Crippen LogP contribution in [0.2, 0.25) is 0 Å². The van der Waals surface area contributed by atoms with Gasteiger partial charge >= 0.3 is 6.18 Å². The molecule has 1 aliphatic rings. The van der Waals surface area contributed by atoms with E-state index in [1.54, 1.807) is 36.4 Å². The maximum absolute atomic E-state index is 12.7. The number of aromatic nitrogens is 2. The number of piperidine rings is 1. The number of rotatable bonds is 4. The Labute approximate surface area is 182 Å². The molecular weight excluding hydrogens is 419 g/mol. The molecule has 1 N–H and O–H groups in total. The van der Waals surface area contributed by atoms with Gasteiger partial charge in [0, 0.05) is 36.6 Å². The van der Waals surface area contributed by atoms with Gasteiger partial charge in [0.1, 0.15) is 0 Å². The highest BCUT2D eigenvalue weighted by Gasteiger charge is 2.33. The van der Waals surface area contributed by atoms with E-state index in [-0.39, 0.29) is 11.9 Å². The highest BCUT2D eigenvalue weighted by atomic mass is 19.4. The number of halogens is 3. The third-order valence-electron chi connectivity index (χ3n) is 5.47. The summed E-state index contributed by atoms with van der Waals surface area (Å²) in [6, 6.07) is 16.8. The van der Waals surface area contributed by atoms with Gasteiger partial charge in [0.15, 0.2) is 5.69 Å². The molecule has 1 amide bonds. The Balaban J connectivity index is 1.32. The lowest BCUT2D eigenvalue weighted by molar-refractivity contribution is -0.141. The van der Waals surface area contributed by atoms with E-state index in [1.807, 2.05) is 12.1 Å². The van der Waals surface area contributed by atoms with E-state index in [9.17, 15) is 18.0 Å². The van der Waals surface area contributed by atoms with Gasteiger partial charge < -0.3 is 10.2 Å². The zero-order valence-electron chi connectivity index (χ0n) is 17.0. The fraction of sp³-hybridized carbons (Fsp3) is 0.261. The summed E-state index contributed by atoms with van der Waals surface area (Å²) in [5.74, 6) is -0.218. The summed E-state index contributed by atoms with van der Waals surface area (Å²) >= 11 is 0. The number of hydrogen-bond donors (Lipinski definition) is 1. The zero-order chi connectivity index (χ0) is 22.7. The second kappa shape index (κ2) is 8.75. The average molecular weight is 439 g/mol. The van der Waals surface area contributed by atoms with Crippen molar-refractivity contribution in [2.24, 2.45) is 0 Å². The van der Waals surface area contributed by atoms with E-state index in [2.05, 4.69) is 21.4 Å². The minimum atomic E-state index is -4.50. The number of carbonyl (C=O) groups excluding carboxylic acids is 1. The summed E-state index contributed by atoms with van der Waals surface area (Å²) in [6.07, 6.45) is -1.69. The highest BCUT2D eigenvalue weighted by Crippen LogP contribution is 2.28. The van der Waals surface area contributed by atoms with Crippen LogP contribution in [0, 0.1) is 11.3 Å². The summed E-state index contributed by atoms with van der Waals surface area (Å²) in [5, 5.41) is 15.5. The summed E-state index contributed by atoms with van der Waals surface area (Å²) < 4.78 is 39.3. The van der Waals surface area contributed by atoms with Crippen molar-refractivity contribution in [3.05, 3.63) is 77.6 Å². The van der Waals surface area contributed by atoms with Gasteiger partial charge in [-0.15, -0.1) is 0 Å². The molecule has 9 heteroatoms. The second-order valence-electron chi connectivity index (χ2n) is 7.58. The molecule has 0 atom stereocenters. The normalized spacial score (nSPS) is 14.8. The largest absolute Gasteiger partial charge is 0.435 e. The van der Waals surface area contributed by atoms with Crippen molar-refractivity contribution in [3.63, 3.8) is 0 Å². The topological polar surface area (TPSA) is 74.0 Å². The molecule has 1 saturated heterocycles. The minimum absolute atomic E-state index is 0.0391. The van der Waals surface area contributed by atoms with E-state index < -0.39 is 11.9 Å². The van der Waals surface area contributed by atoms with E-state index in [4.69, 9.17) is 5.26 Å². The van der Waals surface area contributed by atoms with Crippen LogP contribution in [0.5, 0.6) is 0 Å². The maximum Gasteiger partial charge on any atom is 0.435 e. The molecule has 2 aromatic carbocycles. The fourth-order valence-electron chi connectivity index (χ4n) is 3.68. The zero-order valence-corrected chi connectivity index (χ0v) is 17.0. The molecular formula is C23H20F3N5O. The van der Waals surface area contributed by atoms with Crippen LogP contribution >= 0.6 is 0 Å². The molecule has 6 nitrogen and oxygen atoms in total. The number of benzene rings is 2. The Morgan fingerprint density at radius 1 is 1.00 bits per heavy atom. The molecule has 1 fully saturated rings. The summed E-state index contributed by atoms with van der Waals surface area (Å²) in [6.45, 7) is 1.58. The molecule has 1 aromatic heterocycles. The Hall–Kier alpha value is -3.80. The molecule has 1 aliphatic heterocycles. The van der Waals surface area contributed by atoms with Gasteiger partial charge in [-0.1, -0.05) is 0 Å². The van der Waals surface area contributed by atoms with Crippen molar-refractivity contribution >= 4 is 11.6 Å². The number of anilines is 1. The molecule has 0 unspecified atom stereocenters. The number of carbonyl (C=O) groups is 1. The van der Waals surface area contributed by atoms with Crippen LogP contribution in [0.25, 0.3) is 5.69 Å². The van der Waals surface area contributed by atoms with Crippen molar-refractivity contribution in [2.45, 2.75) is 25.1 Å². The van der Waals surface area contributed by atoms with Gasteiger partial charge in [-0.3, -0.25) is 4.79 Å². The van der Waals surface area contributed by atoms with Crippen LogP contribution in [0.4, 0.5) is 18.9 Å². The van der Waals surface area contributed by atoms with Crippen LogP contribution in [0.1, 0.15) is 34.5 Å². The SMILES string of the molecule is N#Cc1ccc(N2CCC(NC(=O)c3ccc(-n4ccc(C(F)(F)F)n4)cc3)CC2)cc1. The second-order valence-corrected chi connectivity index (χ2v) is 7.58. The average Bonchev–Trinajstić information content (AvgIpc) is 3.31. The van der Waals surface area contributed by atoms with Gasteiger partial charge in [-0.25, -0.2) is 4.68 Å². The highest BCUT2D eigenvalue weighted by molar-refractivity contribution is 5.94. The number of alkyl halides is 3. The van der Waals surface area contributed by atoms with E-state index >= 15 is 0 Å². The molecule has 0 radical (unpaired) electrons. The molecule has 0 spiro atoms. The molecule has 0 bridgehead atoms. The molecule has 0 aliphatic carbocycles. The van der Waals surface area contributed by atoms with Gasteiger partial charge in [0.25, 0.3) is 5.91 Å². The van der Waals surface area contributed by atoms with Gasteiger partial charge in [0.05, 0.1) is 17.3 Å². The number of hydrogen-bond acceptors (Lipinski definition) is 4. The number of amides is 1. The van der Waals surface area contributed by atoms with Crippen molar-refractivity contribution in [1.82, 2.24) is 15.1 Å². The van der Waals surface area contributed by atoms with E-state index in [1.165, 1.54) is 6.20 Å². The predicted molar refractivity (Wildman–Crippen MR) is 112 cm³/mol.